The van der Waals surface area contributed by atoms with Gasteiger partial charge in [0.2, 0.25) is 0 Å². The van der Waals surface area contributed by atoms with Crippen molar-refractivity contribution >= 4 is 17.8 Å². The van der Waals surface area contributed by atoms with Crippen LogP contribution in [0.3, 0.4) is 0 Å². The summed E-state index contributed by atoms with van der Waals surface area (Å²) in [6.45, 7) is 2.63. The summed E-state index contributed by atoms with van der Waals surface area (Å²) in [6.07, 6.45) is 5.06. The van der Waals surface area contributed by atoms with E-state index in [4.69, 9.17) is 4.74 Å². The number of ether oxygens (including phenoxy) is 1. The molecule has 1 aliphatic heterocycles. The molecule has 0 aliphatic carbocycles. The lowest BCUT2D eigenvalue weighted by Crippen LogP contribution is -2.31. The Kier molecular flexibility index (Phi) is 6.32. The standard InChI is InChI=1S/C18H23NO4/c1-2-3-4-5-11-16(20)23-13-8-12-19-17(21)14-9-6-7-10-15(14)18(19)22/h6-7,9-10H,2-5,8,11-13H2,1H3. The number of nitrogens with zero attached hydrogens (tertiary/aromatic N) is 1. The first kappa shape index (κ1) is 17.2. The fourth-order valence-corrected chi connectivity index (χ4v) is 2.62. The Labute approximate surface area is 136 Å². The number of amides is 2. The third-order valence-electron chi connectivity index (χ3n) is 3.90. The minimum absolute atomic E-state index is 0.205. The molecule has 5 nitrogen and oxygen atoms in total. The molecule has 124 valence electrons. The van der Waals surface area contributed by atoms with E-state index in [-0.39, 0.29) is 30.9 Å². The van der Waals surface area contributed by atoms with Crippen molar-refractivity contribution in [2.24, 2.45) is 0 Å². The number of carbonyl (C=O) groups is 3. The summed E-state index contributed by atoms with van der Waals surface area (Å²) in [5, 5.41) is 0. The zero-order valence-electron chi connectivity index (χ0n) is 13.5. The Morgan fingerprint density at radius 1 is 1.00 bits per heavy atom. The molecule has 2 amide bonds. The zero-order valence-corrected chi connectivity index (χ0v) is 13.5. The summed E-state index contributed by atoms with van der Waals surface area (Å²) in [7, 11) is 0. The molecule has 0 saturated carbocycles. The van der Waals surface area contributed by atoms with Gasteiger partial charge in [-0.05, 0) is 25.0 Å². The smallest absolute Gasteiger partial charge is 0.305 e. The van der Waals surface area contributed by atoms with Crippen molar-refractivity contribution < 1.29 is 19.1 Å². The predicted molar refractivity (Wildman–Crippen MR) is 86.1 cm³/mol. The van der Waals surface area contributed by atoms with Gasteiger partial charge in [0, 0.05) is 13.0 Å². The van der Waals surface area contributed by atoms with E-state index in [9.17, 15) is 14.4 Å². The van der Waals surface area contributed by atoms with Crippen LogP contribution in [-0.4, -0.2) is 35.8 Å². The first-order valence-electron chi connectivity index (χ1n) is 8.26. The molecule has 1 aromatic carbocycles. The lowest BCUT2D eigenvalue weighted by atomic mass is 10.1. The van der Waals surface area contributed by atoms with Gasteiger partial charge in [-0.3, -0.25) is 19.3 Å². The van der Waals surface area contributed by atoms with Gasteiger partial charge in [0.1, 0.15) is 0 Å². The number of rotatable bonds is 9. The molecule has 0 spiro atoms. The van der Waals surface area contributed by atoms with Crippen LogP contribution < -0.4 is 0 Å². The Morgan fingerprint density at radius 3 is 2.26 bits per heavy atom. The van der Waals surface area contributed by atoms with Crippen molar-refractivity contribution in [3.8, 4) is 0 Å². The molecule has 1 aliphatic rings. The Morgan fingerprint density at radius 2 is 1.65 bits per heavy atom. The largest absolute Gasteiger partial charge is 0.466 e. The highest BCUT2D eigenvalue weighted by molar-refractivity contribution is 6.21. The monoisotopic (exact) mass is 317 g/mol. The zero-order chi connectivity index (χ0) is 16.7. The number of fused-ring (bicyclic) bond motifs is 1. The quantitative estimate of drug-likeness (QED) is 0.398. The van der Waals surface area contributed by atoms with E-state index in [1.54, 1.807) is 24.3 Å². The van der Waals surface area contributed by atoms with Gasteiger partial charge in [0.05, 0.1) is 17.7 Å². The van der Waals surface area contributed by atoms with Crippen LogP contribution in [0, 0.1) is 0 Å². The van der Waals surface area contributed by atoms with E-state index in [1.165, 1.54) is 4.90 Å². The fourth-order valence-electron chi connectivity index (χ4n) is 2.62. The lowest BCUT2D eigenvalue weighted by Gasteiger charge is -2.13. The van der Waals surface area contributed by atoms with Gasteiger partial charge in [-0.25, -0.2) is 0 Å². The second kappa shape index (κ2) is 8.46. The SMILES string of the molecule is CCCCCCC(=O)OCCCN1C(=O)c2ccccc2C1=O. The number of benzene rings is 1. The molecule has 0 unspecified atom stereocenters. The molecular weight excluding hydrogens is 294 g/mol. The van der Waals surface area contributed by atoms with E-state index in [1.807, 2.05) is 0 Å². The predicted octanol–water partition coefficient (Wildman–Crippen LogP) is 3.19. The van der Waals surface area contributed by atoms with Crippen LogP contribution in [0.1, 0.15) is 66.2 Å². The second-order valence-electron chi connectivity index (χ2n) is 5.69. The van der Waals surface area contributed by atoms with Gasteiger partial charge in [-0.1, -0.05) is 38.3 Å². The number of hydrogen-bond acceptors (Lipinski definition) is 4. The molecule has 1 aromatic rings. The topological polar surface area (TPSA) is 63.7 Å². The molecular formula is C18H23NO4. The summed E-state index contributed by atoms with van der Waals surface area (Å²) in [6, 6.07) is 6.81. The maximum atomic E-state index is 12.1. The minimum atomic E-state index is -0.267. The van der Waals surface area contributed by atoms with Crippen molar-refractivity contribution in [3.63, 3.8) is 0 Å². The minimum Gasteiger partial charge on any atom is -0.466 e. The molecule has 1 heterocycles. The van der Waals surface area contributed by atoms with Crippen LogP contribution in [0.4, 0.5) is 0 Å². The van der Waals surface area contributed by atoms with E-state index in [0.29, 0.717) is 24.0 Å². The van der Waals surface area contributed by atoms with Crippen LogP contribution in [-0.2, 0) is 9.53 Å². The Bertz CT molecular complexity index is 547. The van der Waals surface area contributed by atoms with E-state index in [2.05, 4.69) is 6.92 Å². The highest BCUT2D eigenvalue weighted by Crippen LogP contribution is 2.22. The average molecular weight is 317 g/mol. The molecule has 0 fully saturated rings. The Hall–Kier alpha value is -2.17. The molecule has 23 heavy (non-hydrogen) atoms. The summed E-state index contributed by atoms with van der Waals surface area (Å²) in [4.78, 5) is 37.0. The van der Waals surface area contributed by atoms with Crippen molar-refractivity contribution in [3.05, 3.63) is 35.4 Å². The van der Waals surface area contributed by atoms with Gasteiger partial charge in [-0.2, -0.15) is 0 Å². The van der Waals surface area contributed by atoms with Crippen molar-refractivity contribution in [2.45, 2.75) is 45.4 Å². The summed E-state index contributed by atoms with van der Waals surface area (Å²) < 4.78 is 5.14. The van der Waals surface area contributed by atoms with Crippen LogP contribution >= 0.6 is 0 Å². The maximum absolute atomic E-state index is 12.1. The number of esters is 1. The average Bonchev–Trinajstić information content (AvgIpc) is 2.80. The van der Waals surface area contributed by atoms with Gasteiger partial charge in [0.25, 0.3) is 11.8 Å². The third-order valence-corrected chi connectivity index (χ3v) is 3.90. The van der Waals surface area contributed by atoms with Crippen LogP contribution in [0.2, 0.25) is 0 Å². The maximum Gasteiger partial charge on any atom is 0.305 e. The first-order valence-corrected chi connectivity index (χ1v) is 8.26. The molecule has 0 atom stereocenters. The van der Waals surface area contributed by atoms with Gasteiger partial charge >= 0.3 is 5.97 Å². The lowest BCUT2D eigenvalue weighted by molar-refractivity contribution is -0.143. The number of imide groups is 1. The van der Waals surface area contributed by atoms with Crippen molar-refractivity contribution in [1.29, 1.82) is 0 Å². The summed E-state index contributed by atoms with van der Waals surface area (Å²) in [5.41, 5.74) is 0.899. The normalized spacial score (nSPS) is 13.3. The highest BCUT2D eigenvalue weighted by Gasteiger charge is 2.34. The van der Waals surface area contributed by atoms with E-state index < -0.39 is 0 Å². The summed E-state index contributed by atoms with van der Waals surface area (Å²) in [5.74, 6) is -0.739. The molecule has 0 N–H and O–H groups in total. The highest BCUT2D eigenvalue weighted by atomic mass is 16.5. The van der Waals surface area contributed by atoms with Crippen molar-refractivity contribution in [2.75, 3.05) is 13.2 Å². The number of carbonyl (C=O) groups excluding carboxylic acids is 3. The van der Waals surface area contributed by atoms with Gasteiger partial charge < -0.3 is 4.74 Å². The van der Waals surface area contributed by atoms with Crippen LogP contribution in [0.25, 0.3) is 0 Å². The molecule has 2 rings (SSSR count). The molecule has 5 heteroatoms. The van der Waals surface area contributed by atoms with E-state index in [0.717, 1.165) is 25.7 Å². The fraction of sp³-hybridized carbons (Fsp3) is 0.500. The number of unbranched alkanes of at least 4 members (excludes halogenated alkanes) is 3. The second-order valence-corrected chi connectivity index (χ2v) is 5.69. The van der Waals surface area contributed by atoms with E-state index >= 15 is 0 Å². The number of hydrogen-bond donors (Lipinski definition) is 0. The molecule has 0 bridgehead atoms. The molecule has 0 aromatic heterocycles. The first-order chi connectivity index (χ1) is 11.1. The Balaban J connectivity index is 1.69. The van der Waals surface area contributed by atoms with Crippen molar-refractivity contribution in [1.82, 2.24) is 4.90 Å². The summed E-state index contributed by atoms with van der Waals surface area (Å²) >= 11 is 0. The van der Waals surface area contributed by atoms with Crippen LogP contribution in [0.5, 0.6) is 0 Å². The van der Waals surface area contributed by atoms with Gasteiger partial charge in [-0.15, -0.1) is 0 Å². The van der Waals surface area contributed by atoms with Gasteiger partial charge in [0.15, 0.2) is 0 Å². The molecule has 0 radical (unpaired) electrons. The van der Waals surface area contributed by atoms with Crippen LogP contribution in [0.15, 0.2) is 24.3 Å². The molecule has 0 saturated heterocycles. The third kappa shape index (κ3) is 4.41.